The summed E-state index contributed by atoms with van der Waals surface area (Å²) in [6.07, 6.45) is 3.77. The van der Waals surface area contributed by atoms with Gasteiger partial charge < -0.3 is 4.74 Å². The number of rotatable bonds is 4. The molecule has 0 aliphatic heterocycles. The molecule has 3 rings (SSSR count). The Morgan fingerprint density at radius 1 is 1.29 bits per heavy atom. The average Bonchev–Trinajstić information content (AvgIpc) is 3.32. The Bertz CT molecular complexity index is 661. The maximum atomic E-state index is 12.0. The van der Waals surface area contributed by atoms with Crippen LogP contribution in [0.25, 0.3) is 11.4 Å². The number of hydrogen-bond donors (Lipinski definition) is 0. The number of aryl methyl sites for hydroxylation is 1. The Balaban J connectivity index is 1.99. The van der Waals surface area contributed by atoms with Gasteiger partial charge in [0.1, 0.15) is 0 Å². The zero-order valence-corrected chi connectivity index (χ0v) is 12.3. The molecule has 1 aromatic carbocycles. The Kier molecular flexibility index (Phi) is 3.69. The number of benzene rings is 1. The molecule has 2 aromatic rings. The number of carbonyl (C=O) groups excluding carboxylic acids is 1. The van der Waals surface area contributed by atoms with Gasteiger partial charge in [-0.3, -0.25) is 0 Å². The van der Waals surface area contributed by atoms with Gasteiger partial charge in [0.25, 0.3) is 0 Å². The molecule has 21 heavy (non-hydrogen) atoms. The Hall–Kier alpha value is -2.23. The molecule has 1 aliphatic carbocycles. The Morgan fingerprint density at radius 2 is 2.00 bits per heavy atom. The summed E-state index contributed by atoms with van der Waals surface area (Å²) in [5.74, 6) is 0.719. The fraction of sp³-hybridized carbons (Fsp3) is 0.353. The van der Waals surface area contributed by atoms with Crippen molar-refractivity contribution in [3.63, 3.8) is 0 Å². The van der Waals surface area contributed by atoms with E-state index in [1.807, 2.05) is 31.2 Å². The maximum absolute atomic E-state index is 12.0. The molecule has 4 heteroatoms. The molecule has 0 spiro atoms. The third-order valence-corrected chi connectivity index (χ3v) is 3.59. The van der Waals surface area contributed by atoms with Crippen LogP contribution >= 0.6 is 0 Å². The van der Waals surface area contributed by atoms with Gasteiger partial charge in [-0.1, -0.05) is 29.8 Å². The van der Waals surface area contributed by atoms with Crippen LogP contribution in [0.1, 0.15) is 47.3 Å². The predicted octanol–water partition coefficient (Wildman–Crippen LogP) is 3.51. The third-order valence-electron chi connectivity index (χ3n) is 3.59. The highest BCUT2D eigenvalue weighted by atomic mass is 16.5. The van der Waals surface area contributed by atoms with E-state index < -0.39 is 0 Å². The lowest BCUT2D eigenvalue weighted by Crippen LogP contribution is -2.11. The fourth-order valence-corrected chi connectivity index (χ4v) is 2.27. The van der Waals surface area contributed by atoms with Crippen molar-refractivity contribution in [2.75, 3.05) is 6.61 Å². The molecule has 0 amide bonds. The molecule has 1 aliphatic rings. The van der Waals surface area contributed by atoms with E-state index >= 15 is 0 Å². The van der Waals surface area contributed by atoms with E-state index in [2.05, 4.69) is 9.97 Å². The first-order valence-corrected chi connectivity index (χ1v) is 7.30. The molecule has 0 bridgehead atoms. The van der Waals surface area contributed by atoms with Crippen LogP contribution in [0.4, 0.5) is 0 Å². The smallest absolute Gasteiger partial charge is 0.341 e. The maximum Gasteiger partial charge on any atom is 0.341 e. The van der Waals surface area contributed by atoms with E-state index in [4.69, 9.17) is 4.74 Å². The van der Waals surface area contributed by atoms with Gasteiger partial charge in [0.05, 0.1) is 17.9 Å². The highest BCUT2D eigenvalue weighted by Gasteiger charge is 2.31. The lowest BCUT2D eigenvalue weighted by Gasteiger charge is -2.09. The van der Waals surface area contributed by atoms with E-state index in [0.717, 1.165) is 24.1 Å². The summed E-state index contributed by atoms with van der Waals surface area (Å²) < 4.78 is 5.09. The van der Waals surface area contributed by atoms with Crippen LogP contribution in [-0.2, 0) is 4.74 Å². The first-order valence-electron chi connectivity index (χ1n) is 7.30. The second-order valence-corrected chi connectivity index (χ2v) is 5.35. The summed E-state index contributed by atoms with van der Waals surface area (Å²) in [6.45, 7) is 4.21. The van der Waals surface area contributed by atoms with Gasteiger partial charge in [0.2, 0.25) is 0 Å². The first-order chi connectivity index (χ1) is 10.2. The highest BCUT2D eigenvalue weighted by molar-refractivity contribution is 5.90. The summed E-state index contributed by atoms with van der Waals surface area (Å²) in [4.78, 5) is 21.0. The van der Waals surface area contributed by atoms with E-state index in [1.165, 1.54) is 5.56 Å². The van der Waals surface area contributed by atoms with Crippen molar-refractivity contribution in [2.24, 2.45) is 0 Å². The van der Waals surface area contributed by atoms with Crippen molar-refractivity contribution in [1.29, 1.82) is 0 Å². The molecule has 0 unspecified atom stereocenters. The summed E-state index contributed by atoms with van der Waals surface area (Å²) >= 11 is 0. The number of hydrogen-bond acceptors (Lipinski definition) is 4. The van der Waals surface area contributed by atoms with Crippen LogP contribution in [0.2, 0.25) is 0 Å². The van der Waals surface area contributed by atoms with Crippen molar-refractivity contribution in [1.82, 2.24) is 9.97 Å². The van der Waals surface area contributed by atoms with Crippen molar-refractivity contribution in [2.45, 2.75) is 32.6 Å². The number of carbonyl (C=O) groups is 1. The Labute approximate surface area is 124 Å². The number of esters is 1. The second-order valence-electron chi connectivity index (χ2n) is 5.35. The molecule has 108 valence electrons. The third kappa shape index (κ3) is 2.94. The minimum Gasteiger partial charge on any atom is -0.462 e. The van der Waals surface area contributed by atoms with Crippen LogP contribution in [0, 0.1) is 6.92 Å². The molecule has 1 heterocycles. The van der Waals surface area contributed by atoms with Gasteiger partial charge in [0.15, 0.2) is 5.82 Å². The van der Waals surface area contributed by atoms with Crippen molar-refractivity contribution >= 4 is 5.97 Å². The summed E-state index contributed by atoms with van der Waals surface area (Å²) in [7, 11) is 0. The van der Waals surface area contributed by atoms with E-state index in [-0.39, 0.29) is 5.97 Å². The van der Waals surface area contributed by atoms with Gasteiger partial charge in [0, 0.05) is 17.7 Å². The molecular formula is C17H18N2O2. The molecule has 0 N–H and O–H groups in total. The van der Waals surface area contributed by atoms with Crippen LogP contribution in [0.5, 0.6) is 0 Å². The van der Waals surface area contributed by atoms with Gasteiger partial charge in [-0.15, -0.1) is 0 Å². The number of aromatic nitrogens is 2. The normalized spacial score (nSPS) is 14.0. The summed E-state index contributed by atoms with van der Waals surface area (Å²) in [5, 5.41) is 0. The van der Waals surface area contributed by atoms with Crippen LogP contribution in [0.3, 0.4) is 0 Å². The topological polar surface area (TPSA) is 52.1 Å². The number of ether oxygens (including phenoxy) is 1. The summed E-state index contributed by atoms with van der Waals surface area (Å²) in [5.41, 5.74) is 3.51. The van der Waals surface area contributed by atoms with E-state index in [0.29, 0.717) is 23.9 Å². The number of nitrogens with zero attached hydrogens (tertiary/aromatic N) is 2. The lowest BCUT2D eigenvalue weighted by molar-refractivity contribution is 0.0524. The van der Waals surface area contributed by atoms with Crippen molar-refractivity contribution in [3.8, 4) is 11.4 Å². The predicted molar refractivity (Wildman–Crippen MR) is 80.1 cm³/mol. The zero-order valence-electron chi connectivity index (χ0n) is 12.3. The molecule has 0 radical (unpaired) electrons. The SMILES string of the molecule is CCOC(=O)c1cnc(-c2ccc(C)cc2)nc1C1CC1. The van der Waals surface area contributed by atoms with Crippen LogP contribution < -0.4 is 0 Å². The van der Waals surface area contributed by atoms with Gasteiger partial charge in [-0.25, -0.2) is 14.8 Å². The van der Waals surface area contributed by atoms with Gasteiger partial charge in [-0.05, 0) is 26.7 Å². The zero-order chi connectivity index (χ0) is 14.8. The molecule has 4 nitrogen and oxygen atoms in total. The average molecular weight is 282 g/mol. The molecule has 1 aromatic heterocycles. The lowest BCUT2D eigenvalue weighted by atomic mass is 10.1. The van der Waals surface area contributed by atoms with E-state index in [1.54, 1.807) is 13.1 Å². The van der Waals surface area contributed by atoms with Crippen molar-refractivity contribution in [3.05, 3.63) is 47.3 Å². The molecule has 1 saturated carbocycles. The standard InChI is InChI=1S/C17H18N2O2/c1-3-21-17(20)14-10-18-16(19-15(14)12-8-9-12)13-6-4-11(2)5-7-13/h4-7,10,12H,3,8-9H2,1-2H3. The molecule has 0 atom stereocenters. The first kappa shape index (κ1) is 13.7. The minimum absolute atomic E-state index is 0.324. The second kappa shape index (κ2) is 5.64. The van der Waals surface area contributed by atoms with Gasteiger partial charge in [-0.2, -0.15) is 0 Å². The fourth-order valence-electron chi connectivity index (χ4n) is 2.27. The highest BCUT2D eigenvalue weighted by Crippen LogP contribution is 2.41. The van der Waals surface area contributed by atoms with Crippen molar-refractivity contribution < 1.29 is 9.53 Å². The monoisotopic (exact) mass is 282 g/mol. The largest absolute Gasteiger partial charge is 0.462 e. The van der Waals surface area contributed by atoms with E-state index in [9.17, 15) is 4.79 Å². The quantitative estimate of drug-likeness (QED) is 0.805. The molecule has 1 fully saturated rings. The minimum atomic E-state index is -0.324. The Morgan fingerprint density at radius 3 is 2.62 bits per heavy atom. The molecular weight excluding hydrogens is 264 g/mol. The van der Waals surface area contributed by atoms with Crippen LogP contribution in [-0.4, -0.2) is 22.5 Å². The molecule has 0 saturated heterocycles. The summed E-state index contributed by atoms with van der Waals surface area (Å²) in [6, 6.07) is 8.08. The van der Waals surface area contributed by atoms with Crippen LogP contribution in [0.15, 0.2) is 30.5 Å². The van der Waals surface area contributed by atoms with Gasteiger partial charge >= 0.3 is 5.97 Å².